The van der Waals surface area contributed by atoms with Crippen LogP contribution in [0, 0.1) is 11.8 Å². The second-order valence-corrected chi connectivity index (χ2v) is 7.97. The van der Waals surface area contributed by atoms with Crippen LogP contribution in [0.5, 0.6) is 5.75 Å². The van der Waals surface area contributed by atoms with E-state index in [9.17, 15) is 14.4 Å². The summed E-state index contributed by atoms with van der Waals surface area (Å²) in [4.78, 5) is 38.8. The second-order valence-electron chi connectivity index (χ2n) is 7.97. The summed E-state index contributed by atoms with van der Waals surface area (Å²) in [5, 5.41) is 5.57. The van der Waals surface area contributed by atoms with Gasteiger partial charge in [0.05, 0.1) is 0 Å². The number of halogens is 1. The standard InChI is InChI=1S/C20H28N4O4.ClH/c1-13-9-14(2)11-20(10-13)18(26)24(19(27)23-20)12-17(25)22-15-3-5-16(6-4-15)28-8-7-21;/h3-6,13-14H,7-12,21H2,1-2H3,(H,22,25)(H,23,27);1H. The van der Waals surface area contributed by atoms with Crippen LogP contribution in [0.4, 0.5) is 10.5 Å². The molecule has 8 nitrogen and oxygen atoms in total. The van der Waals surface area contributed by atoms with Gasteiger partial charge < -0.3 is 21.1 Å². The van der Waals surface area contributed by atoms with Gasteiger partial charge in [-0.1, -0.05) is 13.8 Å². The molecule has 4 amide bonds. The van der Waals surface area contributed by atoms with Crippen molar-refractivity contribution in [1.82, 2.24) is 10.2 Å². The first-order valence-corrected chi connectivity index (χ1v) is 9.70. The van der Waals surface area contributed by atoms with Crippen molar-refractivity contribution < 1.29 is 19.1 Å². The van der Waals surface area contributed by atoms with Crippen molar-refractivity contribution >= 4 is 35.9 Å². The number of nitrogens with zero attached hydrogens (tertiary/aromatic N) is 1. The maximum absolute atomic E-state index is 13.0. The molecule has 0 aromatic heterocycles. The predicted octanol–water partition coefficient (Wildman–Crippen LogP) is 2.13. The topological polar surface area (TPSA) is 114 Å². The van der Waals surface area contributed by atoms with Crippen LogP contribution in [0.3, 0.4) is 0 Å². The highest BCUT2D eigenvalue weighted by atomic mass is 35.5. The number of urea groups is 1. The number of rotatable bonds is 6. The highest BCUT2D eigenvalue weighted by Gasteiger charge is 2.54. The molecule has 2 aliphatic rings. The summed E-state index contributed by atoms with van der Waals surface area (Å²) in [6.07, 6.45) is 2.27. The van der Waals surface area contributed by atoms with E-state index >= 15 is 0 Å². The molecule has 1 aromatic carbocycles. The van der Waals surface area contributed by atoms with Gasteiger partial charge >= 0.3 is 6.03 Å². The number of benzene rings is 1. The van der Waals surface area contributed by atoms with Gasteiger partial charge in [-0.15, -0.1) is 12.4 Å². The van der Waals surface area contributed by atoms with E-state index in [1.54, 1.807) is 24.3 Å². The van der Waals surface area contributed by atoms with Gasteiger partial charge in [-0.3, -0.25) is 14.5 Å². The quantitative estimate of drug-likeness (QED) is 0.605. The Labute approximate surface area is 176 Å². The molecule has 1 saturated heterocycles. The normalized spacial score (nSPS) is 26.1. The Kier molecular flexibility index (Phi) is 7.48. The van der Waals surface area contributed by atoms with E-state index in [1.807, 2.05) is 0 Å². The van der Waals surface area contributed by atoms with Crippen molar-refractivity contribution in [2.45, 2.75) is 38.6 Å². The summed E-state index contributed by atoms with van der Waals surface area (Å²) in [6.45, 7) is 4.71. The number of nitrogens with two attached hydrogens (primary N) is 1. The smallest absolute Gasteiger partial charge is 0.325 e. The van der Waals surface area contributed by atoms with Gasteiger partial charge in [-0.05, 0) is 55.4 Å². The Bertz CT molecular complexity index is 745. The van der Waals surface area contributed by atoms with Crippen molar-refractivity contribution in [2.24, 2.45) is 17.6 Å². The Morgan fingerprint density at radius 3 is 2.45 bits per heavy atom. The van der Waals surface area contributed by atoms with Gasteiger partial charge in [0.2, 0.25) is 5.91 Å². The number of ether oxygens (including phenoxy) is 1. The summed E-state index contributed by atoms with van der Waals surface area (Å²) in [5.41, 5.74) is 5.09. The van der Waals surface area contributed by atoms with Crippen molar-refractivity contribution in [3.8, 4) is 5.75 Å². The molecule has 2 fully saturated rings. The largest absolute Gasteiger partial charge is 0.492 e. The molecule has 160 valence electrons. The molecular weight excluding hydrogens is 396 g/mol. The third-order valence-electron chi connectivity index (χ3n) is 5.27. The third kappa shape index (κ3) is 5.19. The molecule has 1 heterocycles. The van der Waals surface area contributed by atoms with E-state index in [0.717, 1.165) is 11.3 Å². The summed E-state index contributed by atoms with van der Waals surface area (Å²) in [5.74, 6) is 0.633. The summed E-state index contributed by atoms with van der Waals surface area (Å²) in [7, 11) is 0. The van der Waals surface area contributed by atoms with Gasteiger partial charge in [-0.25, -0.2) is 4.79 Å². The maximum atomic E-state index is 13.0. The van der Waals surface area contributed by atoms with Gasteiger partial charge in [0.1, 0.15) is 24.4 Å². The number of imide groups is 1. The first kappa shape index (κ1) is 23.0. The van der Waals surface area contributed by atoms with Crippen LogP contribution in [-0.2, 0) is 9.59 Å². The van der Waals surface area contributed by atoms with Gasteiger partial charge in [-0.2, -0.15) is 0 Å². The molecule has 9 heteroatoms. The predicted molar refractivity (Wildman–Crippen MR) is 112 cm³/mol. The average molecular weight is 425 g/mol. The van der Waals surface area contributed by atoms with Gasteiger partial charge in [0.15, 0.2) is 0 Å². The Morgan fingerprint density at radius 1 is 1.24 bits per heavy atom. The maximum Gasteiger partial charge on any atom is 0.325 e. The lowest BCUT2D eigenvalue weighted by atomic mass is 9.71. The molecule has 2 unspecified atom stereocenters. The molecular formula is C20H29ClN4O4. The zero-order chi connectivity index (χ0) is 20.3. The number of carbonyl (C=O) groups excluding carboxylic acids is 3. The van der Waals surface area contributed by atoms with Crippen LogP contribution in [0.15, 0.2) is 24.3 Å². The third-order valence-corrected chi connectivity index (χ3v) is 5.27. The highest BCUT2D eigenvalue weighted by molar-refractivity contribution is 6.10. The molecule has 0 radical (unpaired) electrons. The van der Waals surface area contributed by atoms with Gasteiger partial charge in [0.25, 0.3) is 5.91 Å². The van der Waals surface area contributed by atoms with E-state index < -0.39 is 17.5 Å². The number of anilines is 1. The number of carbonyl (C=O) groups is 3. The Balaban J connectivity index is 0.00000300. The number of amides is 4. The molecule has 1 aromatic rings. The summed E-state index contributed by atoms with van der Waals surface area (Å²) >= 11 is 0. The van der Waals surface area contributed by atoms with Crippen LogP contribution in [0.1, 0.15) is 33.1 Å². The summed E-state index contributed by atoms with van der Waals surface area (Å²) in [6, 6.07) is 6.34. The monoisotopic (exact) mass is 424 g/mol. The first-order chi connectivity index (χ1) is 13.3. The number of hydrogen-bond donors (Lipinski definition) is 3. The highest BCUT2D eigenvalue weighted by Crippen LogP contribution is 2.39. The Hall–Kier alpha value is -2.32. The van der Waals surface area contributed by atoms with E-state index in [-0.39, 0.29) is 24.9 Å². The zero-order valence-corrected chi connectivity index (χ0v) is 17.6. The summed E-state index contributed by atoms with van der Waals surface area (Å²) < 4.78 is 5.39. The van der Waals surface area contributed by atoms with Crippen LogP contribution in [-0.4, -0.2) is 48.0 Å². The molecule has 3 rings (SSSR count). The minimum absolute atomic E-state index is 0. The molecule has 29 heavy (non-hydrogen) atoms. The molecule has 2 atom stereocenters. The minimum atomic E-state index is -0.865. The minimum Gasteiger partial charge on any atom is -0.492 e. The van der Waals surface area contributed by atoms with E-state index in [0.29, 0.717) is 49.3 Å². The van der Waals surface area contributed by atoms with Crippen molar-refractivity contribution in [2.75, 3.05) is 25.0 Å². The fourth-order valence-corrected chi connectivity index (χ4v) is 4.38. The Morgan fingerprint density at radius 2 is 1.86 bits per heavy atom. The van der Waals surface area contributed by atoms with Crippen LogP contribution >= 0.6 is 12.4 Å². The fourth-order valence-electron chi connectivity index (χ4n) is 4.38. The number of nitrogens with one attached hydrogen (secondary N) is 2. The number of hydrogen-bond acceptors (Lipinski definition) is 5. The lowest BCUT2D eigenvalue weighted by molar-refractivity contribution is -0.135. The van der Waals surface area contributed by atoms with Crippen molar-refractivity contribution in [3.05, 3.63) is 24.3 Å². The molecule has 1 aliphatic heterocycles. The zero-order valence-electron chi connectivity index (χ0n) is 16.8. The molecule has 0 bridgehead atoms. The first-order valence-electron chi connectivity index (χ1n) is 9.70. The molecule has 4 N–H and O–H groups in total. The molecule has 1 aliphatic carbocycles. The van der Waals surface area contributed by atoms with Gasteiger partial charge in [0, 0.05) is 12.2 Å². The average Bonchev–Trinajstić information content (AvgIpc) is 2.83. The second kappa shape index (κ2) is 9.45. The molecule has 1 saturated carbocycles. The fraction of sp³-hybridized carbons (Fsp3) is 0.550. The van der Waals surface area contributed by atoms with Crippen molar-refractivity contribution in [3.63, 3.8) is 0 Å². The van der Waals surface area contributed by atoms with E-state index in [1.165, 1.54) is 0 Å². The lowest BCUT2D eigenvalue weighted by Gasteiger charge is -2.37. The van der Waals surface area contributed by atoms with E-state index in [4.69, 9.17) is 10.5 Å². The molecule has 1 spiro atoms. The lowest BCUT2D eigenvalue weighted by Crippen LogP contribution is -2.52. The SMILES string of the molecule is CC1CC(C)CC2(C1)NC(=O)N(CC(=O)Nc1ccc(OCCN)cc1)C2=O.Cl. The van der Waals surface area contributed by atoms with Crippen LogP contribution in [0.2, 0.25) is 0 Å². The van der Waals surface area contributed by atoms with Crippen molar-refractivity contribution in [1.29, 1.82) is 0 Å². The van der Waals surface area contributed by atoms with E-state index in [2.05, 4.69) is 24.5 Å². The van der Waals surface area contributed by atoms with Crippen LogP contribution < -0.4 is 21.1 Å². The van der Waals surface area contributed by atoms with Crippen LogP contribution in [0.25, 0.3) is 0 Å².